The highest BCUT2D eigenvalue weighted by molar-refractivity contribution is 6.00. The lowest BCUT2D eigenvalue weighted by molar-refractivity contribution is 0.0955. The number of para-hydroxylation sites is 3. The number of carbonyl (C=O) groups excluding carboxylic acids is 1. The summed E-state index contributed by atoms with van der Waals surface area (Å²) >= 11 is 0. The zero-order chi connectivity index (χ0) is 21.5. The number of rotatable bonds is 8. The van der Waals surface area contributed by atoms with Crippen LogP contribution in [0.15, 0.2) is 84.4 Å². The van der Waals surface area contributed by atoms with Gasteiger partial charge in [0, 0.05) is 40.6 Å². The van der Waals surface area contributed by atoms with Crippen molar-refractivity contribution in [3.63, 3.8) is 0 Å². The lowest BCUT2D eigenvalue weighted by atomic mass is 10.2. The van der Waals surface area contributed by atoms with Gasteiger partial charge >= 0.3 is 0 Å². The molecule has 0 saturated carbocycles. The van der Waals surface area contributed by atoms with E-state index in [0.717, 1.165) is 16.5 Å². The number of pyridine rings is 1. The highest BCUT2D eigenvalue weighted by Crippen LogP contribution is 2.26. The smallest absolute Gasteiger partial charge is 0.271 e. The van der Waals surface area contributed by atoms with Crippen LogP contribution in [0.3, 0.4) is 0 Å². The number of aromatic nitrogens is 2. The van der Waals surface area contributed by atoms with Crippen LogP contribution in [-0.2, 0) is 6.54 Å². The maximum absolute atomic E-state index is 12.1. The number of hydrazone groups is 1. The van der Waals surface area contributed by atoms with E-state index < -0.39 is 0 Å². The molecule has 0 aliphatic rings. The summed E-state index contributed by atoms with van der Waals surface area (Å²) < 4.78 is 13.3. The maximum atomic E-state index is 12.1. The van der Waals surface area contributed by atoms with Crippen molar-refractivity contribution in [1.29, 1.82) is 0 Å². The average Bonchev–Trinajstić information content (AvgIpc) is 3.17. The molecule has 0 aliphatic carbocycles. The number of nitrogens with zero attached hydrogens (tertiary/aromatic N) is 3. The van der Waals surface area contributed by atoms with Crippen LogP contribution in [0.4, 0.5) is 0 Å². The first-order valence-electron chi connectivity index (χ1n) is 9.83. The topological polar surface area (TPSA) is 77.7 Å². The van der Waals surface area contributed by atoms with Crippen LogP contribution in [0.2, 0.25) is 0 Å². The van der Waals surface area contributed by atoms with Gasteiger partial charge in [-0.3, -0.25) is 9.78 Å². The van der Waals surface area contributed by atoms with Crippen LogP contribution >= 0.6 is 0 Å². The molecular formula is C24H22N4O3. The minimum atomic E-state index is -0.285. The number of ether oxygens (including phenoxy) is 2. The Kier molecular flexibility index (Phi) is 6.23. The molecule has 1 N–H and O–H groups in total. The minimum Gasteiger partial charge on any atom is -0.493 e. The monoisotopic (exact) mass is 414 g/mol. The fraction of sp³-hybridized carbons (Fsp3) is 0.125. The van der Waals surface area contributed by atoms with Crippen LogP contribution in [-0.4, -0.2) is 35.4 Å². The largest absolute Gasteiger partial charge is 0.493 e. The molecule has 1 amide bonds. The molecule has 0 spiro atoms. The Morgan fingerprint density at radius 3 is 2.61 bits per heavy atom. The zero-order valence-corrected chi connectivity index (χ0v) is 17.1. The SMILES string of the molecule is COc1ccccc1OCCn1cc(/C=N/NC(=O)c2ccncc2)c2ccccc21. The number of benzene rings is 2. The van der Waals surface area contributed by atoms with Crippen LogP contribution < -0.4 is 14.9 Å². The maximum Gasteiger partial charge on any atom is 0.271 e. The van der Waals surface area contributed by atoms with Gasteiger partial charge in [0.05, 0.1) is 19.9 Å². The molecule has 0 bridgehead atoms. The normalized spacial score (nSPS) is 11.0. The Bertz CT molecular complexity index is 1200. The molecule has 0 fully saturated rings. The quantitative estimate of drug-likeness (QED) is 0.351. The molecule has 0 aliphatic heterocycles. The number of hydrogen-bond acceptors (Lipinski definition) is 5. The fourth-order valence-corrected chi connectivity index (χ4v) is 3.28. The standard InChI is InChI=1S/C24H22N4O3/c1-30-22-8-4-5-9-23(22)31-15-14-28-17-19(20-6-2-3-7-21(20)28)16-26-27-24(29)18-10-12-25-13-11-18/h2-13,16-17H,14-15H2,1H3,(H,27,29)/b26-16+. The molecule has 2 heterocycles. The van der Waals surface area contributed by atoms with Gasteiger partial charge in [0.1, 0.15) is 6.61 Å². The third-order valence-electron chi connectivity index (χ3n) is 4.79. The first kappa shape index (κ1) is 20.2. The predicted octanol–water partition coefficient (Wildman–Crippen LogP) is 3.89. The summed E-state index contributed by atoms with van der Waals surface area (Å²) in [6.45, 7) is 1.13. The molecular weight excluding hydrogens is 392 g/mol. The van der Waals surface area contributed by atoms with E-state index in [1.165, 1.54) is 0 Å². The van der Waals surface area contributed by atoms with Crippen molar-refractivity contribution in [3.8, 4) is 11.5 Å². The molecule has 0 saturated heterocycles. The fourth-order valence-electron chi connectivity index (χ4n) is 3.28. The third-order valence-corrected chi connectivity index (χ3v) is 4.79. The molecule has 0 radical (unpaired) electrons. The van der Waals surface area contributed by atoms with Crippen molar-refractivity contribution in [2.75, 3.05) is 13.7 Å². The van der Waals surface area contributed by atoms with E-state index in [9.17, 15) is 4.79 Å². The summed E-state index contributed by atoms with van der Waals surface area (Å²) in [5, 5.41) is 5.17. The van der Waals surface area contributed by atoms with E-state index in [0.29, 0.717) is 30.2 Å². The van der Waals surface area contributed by atoms with Crippen molar-refractivity contribution in [2.45, 2.75) is 6.54 Å². The molecule has 31 heavy (non-hydrogen) atoms. The van der Waals surface area contributed by atoms with Gasteiger partial charge in [-0.05, 0) is 30.3 Å². The predicted molar refractivity (Wildman–Crippen MR) is 120 cm³/mol. The Morgan fingerprint density at radius 1 is 1.06 bits per heavy atom. The van der Waals surface area contributed by atoms with E-state index >= 15 is 0 Å². The van der Waals surface area contributed by atoms with E-state index in [4.69, 9.17) is 9.47 Å². The highest BCUT2D eigenvalue weighted by atomic mass is 16.5. The van der Waals surface area contributed by atoms with Crippen LogP contribution in [0, 0.1) is 0 Å². The highest BCUT2D eigenvalue weighted by Gasteiger charge is 2.08. The van der Waals surface area contributed by atoms with E-state index in [2.05, 4.69) is 20.1 Å². The number of amides is 1. The number of nitrogens with one attached hydrogen (secondary N) is 1. The van der Waals surface area contributed by atoms with Gasteiger partial charge < -0.3 is 14.0 Å². The average molecular weight is 414 g/mol. The molecule has 7 nitrogen and oxygen atoms in total. The van der Waals surface area contributed by atoms with Gasteiger partial charge in [-0.1, -0.05) is 30.3 Å². The van der Waals surface area contributed by atoms with Crippen molar-refractivity contribution in [3.05, 3.63) is 90.4 Å². The summed E-state index contributed by atoms with van der Waals surface area (Å²) in [7, 11) is 1.63. The minimum absolute atomic E-state index is 0.285. The molecule has 0 atom stereocenters. The van der Waals surface area contributed by atoms with E-state index in [1.807, 2.05) is 54.7 Å². The number of carbonyl (C=O) groups is 1. The summed E-state index contributed by atoms with van der Waals surface area (Å²) in [4.78, 5) is 16.1. The first-order valence-corrected chi connectivity index (χ1v) is 9.83. The summed E-state index contributed by atoms with van der Waals surface area (Å²) in [5.74, 6) is 1.13. The molecule has 0 unspecified atom stereocenters. The van der Waals surface area contributed by atoms with E-state index in [-0.39, 0.29) is 5.91 Å². The Hall–Kier alpha value is -4.13. The second-order valence-corrected chi connectivity index (χ2v) is 6.73. The Balaban J connectivity index is 1.46. The Labute approximate surface area is 179 Å². The number of fused-ring (bicyclic) bond motifs is 1. The molecule has 4 rings (SSSR count). The summed E-state index contributed by atoms with van der Waals surface area (Å²) in [6, 6.07) is 18.9. The molecule has 2 aromatic heterocycles. The van der Waals surface area contributed by atoms with Gasteiger partial charge in [-0.2, -0.15) is 5.10 Å². The van der Waals surface area contributed by atoms with E-state index in [1.54, 1.807) is 37.9 Å². The number of hydrogen-bond donors (Lipinski definition) is 1. The first-order chi connectivity index (χ1) is 15.3. The van der Waals surface area contributed by atoms with Crippen molar-refractivity contribution in [2.24, 2.45) is 5.10 Å². The van der Waals surface area contributed by atoms with Crippen molar-refractivity contribution >= 4 is 23.0 Å². The lowest BCUT2D eigenvalue weighted by Crippen LogP contribution is -2.17. The van der Waals surface area contributed by atoms with Gasteiger partial charge in [-0.25, -0.2) is 5.43 Å². The molecule has 156 valence electrons. The molecule has 4 aromatic rings. The lowest BCUT2D eigenvalue weighted by Gasteiger charge is -2.11. The second-order valence-electron chi connectivity index (χ2n) is 6.73. The van der Waals surface area contributed by atoms with Gasteiger partial charge in [0.2, 0.25) is 0 Å². The van der Waals surface area contributed by atoms with Gasteiger partial charge in [0.25, 0.3) is 5.91 Å². The van der Waals surface area contributed by atoms with Gasteiger partial charge in [0.15, 0.2) is 11.5 Å². The second kappa shape index (κ2) is 9.58. The van der Waals surface area contributed by atoms with Crippen molar-refractivity contribution < 1.29 is 14.3 Å². The third kappa shape index (κ3) is 4.72. The van der Waals surface area contributed by atoms with Crippen LogP contribution in [0.1, 0.15) is 15.9 Å². The summed E-state index contributed by atoms with van der Waals surface area (Å²) in [5.41, 5.74) is 5.02. The Morgan fingerprint density at radius 2 is 1.81 bits per heavy atom. The summed E-state index contributed by atoms with van der Waals surface area (Å²) in [6.07, 6.45) is 6.79. The van der Waals surface area contributed by atoms with Crippen molar-refractivity contribution in [1.82, 2.24) is 15.0 Å². The molecule has 2 aromatic carbocycles. The van der Waals surface area contributed by atoms with Crippen LogP contribution in [0.25, 0.3) is 10.9 Å². The zero-order valence-electron chi connectivity index (χ0n) is 17.1. The van der Waals surface area contributed by atoms with Gasteiger partial charge in [-0.15, -0.1) is 0 Å². The molecule has 7 heteroatoms. The number of methoxy groups -OCH3 is 1. The van der Waals surface area contributed by atoms with Crippen LogP contribution in [0.5, 0.6) is 11.5 Å².